The number of nitrogens with zero attached hydrogens (tertiary/aromatic N) is 5. The van der Waals surface area contributed by atoms with Gasteiger partial charge in [0.2, 0.25) is 5.95 Å². The Bertz CT molecular complexity index is 913. The van der Waals surface area contributed by atoms with Crippen LogP contribution in [0.25, 0.3) is 17.0 Å². The van der Waals surface area contributed by atoms with Crippen LogP contribution < -0.4 is 0 Å². The summed E-state index contributed by atoms with van der Waals surface area (Å²) in [6, 6.07) is 1.52. The minimum Gasteiger partial charge on any atom is -0.377 e. The van der Waals surface area contributed by atoms with Gasteiger partial charge in [0.15, 0.2) is 0 Å². The van der Waals surface area contributed by atoms with Gasteiger partial charge in [-0.15, -0.1) is 0 Å². The zero-order chi connectivity index (χ0) is 16.7. The molecule has 1 atom stereocenters. The van der Waals surface area contributed by atoms with E-state index in [2.05, 4.69) is 19.6 Å². The molecule has 6 nitrogen and oxygen atoms in total. The van der Waals surface area contributed by atoms with Crippen LogP contribution in [0.15, 0.2) is 24.8 Å². The van der Waals surface area contributed by atoms with Gasteiger partial charge in [0.1, 0.15) is 12.7 Å². The van der Waals surface area contributed by atoms with Crippen molar-refractivity contribution in [1.29, 1.82) is 0 Å². The average molecular weight is 327 g/mol. The smallest absolute Gasteiger partial charge is 0.213 e. The van der Waals surface area contributed by atoms with E-state index in [0.29, 0.717) is 18.8 Å². The maximum absolute atomic E-state index is 13.8. The highest BCUT2D eigenvalue weighted by Crippen LogP contribution is 2.33. The number of halogens is 1. The van der Waals surface area contributed by atoms with Crippen LogP contribution in [0.4, 0.5) is 4.39 Å². The Balaban J connectivity index is 1.85. The minimum atomic E-state index is -0.446. The molecule has 0 spiro atoms. The number of rotatable bonds is 4. The molecule has 0 saturated carbocycles. The number of hydrogen-bond donors (Lipinski definition) is 0. The van der Waals surface area contributed by atoms with Gasteiger partial charge in [0.25, 0.3) is 0 Å². The molecule has 0 aliphatic heterocycles. The summed E-state index contributed by atoms with van der Waals surface area (Å²) in [5.41, 5.74) is 3.87. The van der Waals surface area contributed by atoms with Crippen molar-refractivity contribution >= 4 is 17.0 Å². The predicted molar refractivity (Wildman–Crippen MR) is 88.0 cm³/mol. The molecule has 0 saturated heterocycles. The monoisotopic (exact) mass is 327 g/mol. The molecule has 1 unspecified atom stereocenters. The van der Waals surface area contributed by atoms with E-state index in [0.717, 1.165) is 28.6 Å². The molecule has 24 heavy (non-hydrogen) atoms. The molecule has 0 radical (unpaired) electrons. The normalized spacial score (nSPS) is 16.7. The molecule has 0 amide bonds. The number of ether oxygens (including phenoxy) is 1. The third-order valence-electron chi connectivity index (χ3n) is 4.53. The van der Waals surface area contributed by atoms with Gasteiger partial charge in [-0.1, -0.05) is 12.2 Å². The SMILES string of the molecule is COC1C=Cc2c(n(CCn3cncn3)c3c(C)nc(F)cc23)C1. The topological polar surface area (TPSA) is 57.8 Å². The third kappa shape index (κ3) is 2.41. The lowest BCUT2D eigenvalue weighted by atomic mass is 10.0. The molecule has 3 heterocycles. The number of aryl methyl sites for hydroxylation is 3. The lowest BCUT2D eigenvalue weighted by Gasteiger charge is -2.19. The number of aromatic nitrogens is 5. The van der Waals surface area contributed by atoms with E-state index in [4.69, 9.17) is 4.74 Å². The van der Waals surface area contributed by atoms with Gasteiger partial charge in [0.05, 0.1) is 23.9 Å². The molecule has 3 aromatic rings. The van der Waals surface area contributed by atoms with E-state index in [1.165, 1.54) is 12.4 Å². The van der Waals surface area contributed by atoms with Gasteiger partial charge in [-0.2, -0.15) is 9.49 Å². The Morgan fingerprint density at radius 2 is 2.25 bits per heavy atom. The molecular weight excluding hydrogens is 309 g/mol. The Labute approximate surface area is 138 Å². The third-order valence-corrected chi connectivity index (χ3v) is 4.53. The van der Waals surface area contributed by atoms with Crippen molar-refractivity contribution in [1.82, 2.24) is 24.3 Å². The second kappa shape index (κ2) is 5.83. The molecule has 124 valence electrons. The fraction of sp³-hybridized carbons (Fsp3) is 0.353. The van der Waals surface area contributed by atoms with Crippen molar-refractivity contribution in [2.75, 3.05) is 7.11 Å². The van der Waals surface area contributed by atoms with E-state index in [-0.39, 0.29) is 6.10 Å². The fourth-order valence-electron chi connectivity index (χ4n) is 3.44. The van der Waals surface area contributed by atoms with Gasteiger partial charge in [-0.25, -0.2) is 9.97 Å². The quantitative estimate of drug-likeness (QED) is 0.690. The summed E-state index contributed by atoms with van der Waals surface area (Å²) in [6.07, 6.45) is 8.06. The van der Waals surface area contributed by atoms with E-state index < -0.39 is 5.95 Å². The Morgan fingerprint density at radius 1 is 1.38 bits per heavy atom. The molecule has 1 aliphatic rings. The lowest BCUT2D eigenvalue weighted by Crippen LogP contribution is -2.19. The summed E-state index contributed by atoms with van der Waals surface area (Å²) < 4.78 is 23.3. The van der Waals surface area contributed by atoms with Crippen LogP contribution in [0, 0.1) is 12.9 Å². The Hall–Kier alpha value is -2.54. The highest BCUT2D eigenvalue weighted by molar-refractivity contribution is 5.93. The first-order chi connectivity index (χ1) is 11.7. The molecule has 0 fully saturated rings. The van der Waals surface area contributed by atoms with Crippen LogP contribution in [0.2, 0.25) is 0 Å². The Kier molecular flexibility index (Phi) is 3.65. The van der Waals surface area contributed by atoms with Crippen LogP contribution in [-0.2, 0) is 24.2 Å². The summed E-state index contributed by atoms with van der Waals surface area (Å²) in [6.45, 7) is 3.25. The largest absolute Gasteiger partial charge is 0.377 e. The average Bonchev–Trinajstić information content (AvgIpc) is 3.18. The first kappa shape index (κ1) is 15.0. The van der Waals surface area contributed by atoms with Gasteiger partial charge in [0, 0.05) is 42.8 Å². The van der Waals surface area contributed by atoms with Gasteiger partial charge < -0.3 is 9.30 Å². The van der Waals surface area contributed by atoms with Crippen LogP contribution in [0.3, 0.4) is 0 Å². The van der Waals surface area contributed by atoms with Crippen LogP contribution in [0.1, 0.15) is 17.0 Å². The van der Waals surface area contributed by atoms with Crippen LogP contribution in [-0.4, -0.2) is 37.5 Å². The lowest BCUT2D eigenvalue weighted by molar-refractivity contribution is 0.139. The van der Waals surface area contributed by atoms with Gasteiger partial charge in [-0.05, 0) is 6.92 Å². The van der Waals surface area contributed by atoms with Crippen molar-refractivity contribution in [3.8, 4) is 0 Å². The van der Waals surface area contributed by atoms with E-state index in [1.54, 1.807) is 18.1 Å². The van der Waals surface area contributed by atoms with Crippen LogP contribution >= 0.6 is 0 Å². The highest BCUT2D eigenvalue weighted by Gasteiger charge is 2.23. The first-order valence-corrected chi connectivity index (χ1v) is 7.89. The zero-order valence-electron chi connectivity index (χ0n) is 13.6. The summed E-state index contributed by atoms with van der Waals surface area (Å²) in [7, 11) is 1.70. The van der Waals surface area contributed by atoms with Crippen molar-refractivity contribution < 1.29 is 9.13 Å². The van der Waals surface area contributed by atoms with E-state index in [1.807, 2.05) is 19.1 Å². The van der Waals surface area contributed by atoms with Crippen molar-refractivity contribution in [3.05, 3.63) is 47.7 Å². The molecule has 3 aromatic heterocycles. The van der Waals surface area contributed by atoms with Crippen molar-refractivity contribution in [2.24, 2.45) is 0 Å². The summed E-state index contributed by atoms with van der Waals surface area (Å²) in [5.74, 6) is -0.446. The second-order valence-corrected chi connectivity index (χ2v) is 5.93. The second-order valence-electron chi connectivity index (χ2n) is 5.93. The molecule has 0 aromatic carbocycles. The minimum absolute atomic E-state index is 0.0324. The number of pyridine rings is 1. The number of methoxy groups -OCH3 is 1. The maximum Gasteiger partial charge on any atom is 0.213 e. The maximum atomic E-state index is 13.8. The number of fused-ring (bicyclic) bond motifs is 3. The van der Waals surface area contributed by atoms with Crippen LogP contribution in [0.5, 0.6) is 0 Å². The summed E-state index contributed by atoms with van der Waals surface area (Å²) >= 11 is 0. The standard InChI is InChI=1S/C17H18FN5O/c1-11-17-14(8-16(18)21-11)13-4-3-12(24-2)7-15(13)23(17)6-5-22-10-19-9-20-22/h3-4,8-10,12H,5-7H2,1-2H3. The molecule has 0 bridgehead atoms. The molecule has 0 N–H and O–H groups in total. The molecule has 1 aliphatic carbocycles. The summed E-state index contributed by atoms with van der Waals surface area (Å²) in [5, 5.41) is 5.06. The van der Waals surface area contributed by atoms with Crippen molar-refractivity contribution in [2.45, 2.75) is 32.5 Å². The Morgan fingerprint density at radius 3 is 3.00 bits per heavy atom. The first-order valence-electron chi connectivity index (χ1n) is 7.89. The predicted octanol–water partition coefficient (Wildman–Crippen LogP) is 2.36. The number of hydrogen-bond acceptors (Lipinski definition) is 4. The molecule has 4 rings (SSSR count). The molecule has 7 heteroatoms. The van der Waals surface area contributed by atoms with E-state index >= 15 is 0 Å². The molecular formula is C17H18FN5O. The van der Waals surface area contributed by atoms with E-state index in [9.17, 15) is 4.39 Å². The fourth-order valence-corrected chi connectivity index (χ4v) is 3.44. The van der Waals surface area contributed by atoms with Gasteiger partial charge in [-0.3, -0.25) is 4.68 Å². The van der Waals surface area contributed by atoms with Gasteiger partial charge >= 0.3 is 0 Å². The zero-order valence-corrected chi connectivity index (χ0v) is 13.6. The summed E-state index contributed by atoms with van der Waals surface area (Å²) in [4.78, 5) is 7.99. The van der Waals surface area contributed by atoms with Crippen molar-refractivity contribution in [3.63, 3.8) is 0 Å². The highest BCUT2D eigenvalue weighted by atomic mass is 19.1.